The minimum Gasteiger partial charge on any atom is -0.493 e. The van der Waals surface area contributed by atoms with E-state index < -0.39 is 10.0 Å². The molecule has 1 saturated carbocycles. The number of benzene rings is 2. The molecule has 0 unspecified atom stereocenters. The number of hydrogen-bond donors (Lipinski definition) is 1. The predicted molar refractivity (Wildman–Crippen MR) is 112 cm³/mol. The normalized spacial score (nSPS) is 15.1. The molecule has 29 heavy (non-hydrogen) atoms. The van der Waals surface area contributed by atoms with Gasteiger partial charge in [0.1, 0.15) is 0 Å². The summed E-state index contributed by atoms with van der Waals surface area (Å²) in [6.45, 7) is 0.115. The van der Waals surface area contributed by atoms with E-state index in [1.165, 1.54) is 59.0 Å². The zero-order chi connectivity index (χ0) is 20.9. The zero-order valence-electron chi connectivity index (χ0n) is 17.2. The van der Waals surface area contributed by atoms with Gasteiger partial charge in [-0.2, -0.15) is 0 Å². The van der Waals surface area contributed by atoms with Crippen LogP contribution < -0.4 is 18.9 Å². The van der Waals surface area contributed by atoms with Gasteiger partial charge in [0, 0.05) is 6.54 Å². The first-order chi connectivity index (χ1) is 14.0. The highest BCUT2D eigenvalue weighted by Crippen LogP contribution is 2.38. The Kier molecular flexibility index (Phi) is 7.03. The Bertz CT molecular complexity index is 894. The lowest BCUT2D eigenvalue weighted by molar-refractivity contribution is 0.323. The number of ether oxygens (including phenoxy) is 3. The second-order valence-corrected chi connectivity index (χ2v) is 9.03. The van der Waals surface area contributed by atoms with Crippen molar-refractivity contribution in [2.75, 3.05) is 21.3 Å². The summed E-state index contributed by atoms with van der Waals surface area (Å²) < 4.78 is 44.1. The van der Waals surface area contributed by atoms with Crippen LogP contribution >= 0.6 is 0 Å². The van der Waals surface area contributed by atoms with Gasteiger partial charge in [-0.05, 0) is 54.2 Å². The van der Waals surface area contributed by atoms with Gasteiger partial charge in [-0.25, -0.2) is 13.1 Å². The van der Waals surface area contributed by atoms with Crippen molar-refractivity contribution < 1.29 is 22.6 Å². The Balaban J connectivity index is 1.73. The highest BCUT2D eigenvalue weighted by atomic mass is 32.2. The van der Waals surface area contributed by atoms with Crippen LogP contribution in [-0.4, -0.2) is 29.7 Å². The maximum absolute atomic E-state index is 12.7. The molecule has 0 spiro atoms. The second-order valence-electron chi connectivity index (χ2n) is 7.26. The van der Waals surface area contributed by atoms with Crippen molar-refractivity contribution in [3.8, 4) is 17.2 Å². The molecule has 1 aliphatic rings. The van der Waals surface area contributed by atoms with Gasteiger partial charge in [0.2, 0.25) is 15.8 Å². The van der Waals surface area contributed by atoms with Crippen LogP contribution in [-0.2, 0) is 16.6 Å². The van der Waals surface area contributed by atoms with Crippen LogP contribution in [0, 0.1) is 0 Å². The van der Waals surface area contributed by atoms with E-state index in [1.54, 1.807) is 24.3 Å². The van der Waals surface area contributed by atoms with Crippen molar-refractivity contribution in [1.29, 1.82) is 0 Å². The van der Waals surface area contributed by atoms with E-state index in [0.29, 0.717) is 28.7 Å². The summed E-state index contributed by atoms with van der Waals surface area (Å²) in [5, 5.41) is 0. The lowest BCUT2D eigenvalue weighted by Gasteiger charge is -2.22. The van der Waals surface area contributed by atoms with Crippen molar-refractivity contribution in [1.82, 2.24) is 4.72 Å². The fourth-order valence-corrected chi connectivity index (χ4v) is 4.87. The summed E-state index contributed by atoms with van der Waals surface area (Å²) in [7, 11) is 0.958. The quantitative estimate of drug-likeness (QED) is 0.693. The van der Waals surface area contributed by atoms with Gasteiger partial charge in [0.25, 0.3) is 0 Å². The number of hydrogen-bond acceptors (Lipinski definition) is 5. The maximum atomic E-state index is 12.7. The van der Waals surface area contributed by atoms with Gasteiger partial charge < -0.3 is 14.2 Å². The Morgan fingerprint density at radius 2 is 1.48 bits per heavy atom. The van der Waals surface area contributed by atoms with E-state index >= 15 is 0 Å². The van der Waals surface area contributed by atoms with Crippen LogP contribution in [0.5, 0.6) is 17.2 Å². The van der Waals surface area contributed by atoms with Gasteiger partial charge >= 0.3 is 0 Å². The van der Waals surface area contributed by atoms with Crippen molar-refractivity contribution >= 4 is 10.0 Å². The molecule has 158 valence electrons. The molecule has 0 aliphatic heterocycles. The molecule has 0 amide bonds. The molecule has 1 fully saturated rings. The third kappa shape index (κ3) is 5.03. The monoisotopic (exact) mass is 419 g/mol. The van der Waals surface area contributed by atoms with Crippen molar-refractivity contribution in [2.45, 2.75) is 49.5 Å². The second kappa shape index (κ2) is 9.50. The zero-order valence-corrected chi connectivity index (χ0v) is 18.1. The van der Waals surface area contributed by atoms with Gasteiger partial charge in [0.05, 0.1) is 26.2 Å². The first kappa shape index (κ1) is 21.5. The molecule has 6 nitrogen and oxygen atoms in total. The Morgan fingerprint density at radius 3 is 2.00 bits per heavy atom. The van der Waals surface area contributed by atoms with Crippen LogP contribution in [0.25, 0.3) is 0 Å². The molecule has 1 aliphatic carbocycles. The van der Waals surface area contributed by atoms with E-state index in [-0.39, 0.29) is 11.4 Å². The van der Waals surface area contributed by atoms with Gasteiger partial charge in [-0.15, -0.1) is 0 Å². The average Bonchev–Trinajstić information content (AvgIpc) is 2.77. The lowest BCUT2D eigenvalue weighted by Crippen LogP contribution is -2.23. The van der Waals surface area contributed by atoms with Crippen LogP contribution in [0.15, 0.2) is 41.3 Å². The van der Waals surface area contributed by atoms with Crippen molar-refractivity contribution in [3.63, 3.8) is 0 Å². The van der Waals surface area contributed by atoms with Crippen LogP contribution in [0.2, 0.25) is 0 Å². The van der Waals surface area contributed by atoms with Crippen molar-refractivity contribution in [2.24, 2.45) is 0 Å². The number of methoxy groups -OCH3 is 3. The highest BCUT2D eigenvalue weighted by Gasteiger charge is 2.19. The largest absolute Gasteiger partial charge is 0.493 e. The van der Waals surface area contributed by atoms with Crippen LogP contribution in [0.1, 0.15) is 49.1 Å². The molecule has 0 aromatic heterocycles. The number of nitrogens with one attached hydrogen (secondary N) is 1. The summed E-state index contributed by atoms with van der Waals surface area (Å²) in [5.74, 6) is 1.99. The molecule has 0 radical (unpaired) electrons. The summed E-state index contributed by atoms with van der Waals surface area (Å²) in [5.41, 5.74) is 1.94. The molecule has 2 aromatic rings. The first-order valence-electron chi connectivity index (χ1n) is 9.87. The topological polar surface area (TPSA) is 73.9 Å². The maximum Gasteiger partial charge on any atom is 0.240 e. The van der Waals surface area contributed by atoms with E-state index in [0.717, 1.165) is 0 Å². The highest BCUT2D eigenvalue weighted by molar-refractivity contribution is 7.89. The summed E-state index contributed by atoms with van der Waals surface area (Å²) in [6.07, 6.45) is 6.17. The summed E-state index contributed by atoms with van der Waals surface area (Å²) >= 11 is 0. The summed E-state index contributed by atoms with van der Waals surface area (Å²) in [4.78, 5) is 0.268. The molecule has 2 aromatic carbocycles. The van der Waals surface area contributed by atoms with Gasteiger partial charge in [-0.3, -0.25) is 0 Å². The van der Waals surface area contributed by atoms with Crippen LogP contribution in [0.4, 0.5) is 0 Å². The Labute approximate surface area is 173 Å². The molecular formula is C22H29NO5S. The molecule has 0 heterocycles. The predicted octanol–water partition coefficient (Wildman–Crippen LogP) is 4.24. The molecular weight excluding hydrogens is 390 g/mol. The van der Waals surface area contributed by atoms with E-state index in [2.05, 4.69) is 4.72 Å². The molecule has 3 rings (SSSR count). The van der Waals surface area contributed by atoms with Crippen LogP contribution in [0.3, 0.4) is 0 Å². The third-order valence-electron chi connectivity index (χ3n) is 5.46. The minimum atomic E-state index is -3.62. The molecule has 0 bridgehead atoms. The van der Waals surface area contributed by atoms with E-state index in [1.807, 2.05) is 12.1 Å². The third-order valence-corrected chi connectivity index (χ3v) is 6.87. The SMILES string of the molecule is COc1cc(CNS(=O)(=O)c2ccc(C3CCCCC3)cc2)cc(OC)c1OC. The first-order valence-corrected chi connectivity index (χ1v) is 11.4. The fraction of sp³-hybridized carbons (Fsp3) is 0.455. The Morgan fingerprint density at radius 1 is 0.897 bits per heavy atom. The average molecular weight is 420 g/mol. The smallest absolute Gasteiger partial charge is 0.240 e. The summed E-state index contributed by atoms with van der Waals surface area (Å²) in [6, 6.07) is 10.8. The minimum absolute atomic E-state index is 0.115. The molecule has 1 N–H and O–H groups in total. The van der Waals surface area contributed by atoms with Gasteiger partial charge in [0.15, 0.2) is 11.5 Å². The molecule has 0 atom stereocenters. The molecule has 0 saturated heterocycles. The number of rotatable bonds is 8. The van der Waals surface area contributed by atoms with Crippen molar-refractivity contribution in [3.05, 3.63) is 47.5 Å². The molecule has 7 heteroatoms. The standard InChI is InChI=1S/C22H29NO5S/c1-26-20-13-16(14-21(27-2)22(20)28-3)15-23-29(24,25)19-11-9-18(10-12-19)17-7-5-4-6-8-17/h9-14,17,23H,4-8,15H2,1-3H3. The number of sulfonamides is 1. The van der Waals surface area contributed by atoms with E-state index in [4.69, 9.17) is 14.2 Å². The van der Waals surface area contributed by atoms with Gasteiger partial charge in [-0.1, -0.05) is 31.4 Å². The Hall–Kier alpha value is -2.25. The lowest BCUT2D eigenvalue weighted by atomic mass is 9.84. The fourth-order valence-electron chi connectivity index (χ4n) is 3.85. The van der Waals surface area contributed by atoms with E-state index in [9.17, 15) is 8.42 Å².